The normalized spacial score (nSPS) is 11.8. The Balaban J connectivity index is 1.72. The molecule has 0 saturated heterocycles. The van der Waals surface area contributed by atoms with Crippen molar-refractivity contribution in [1.82, 2.24) is 19.5 Å². The maximum Gasteiger partial charge on any atom is 0.416 e. The monoisotopic (exact) mass is 424 g/mol. The Morgan fingerprint density at radius 3 is 2.55 bits per heavy atom. The number of hydrogen-bond donors (Lipinski definition) is 0. The number of alkyl halides is 3. The summed E-state index contributed by atoms with van der Waals surface area (Å²) in [6, 6.07) is 9.50. The number of aromatic nitrogens is 4. The van der Waals surface area contributed by atoms with Crippen molar-refractivity contribution in [1.29, 1.82) is 0 Å². The number of oxazole rings is 2. The van der Waals surface area contributed by atoms with Crippen molar-refractivity contribution >= 4 is 10.9 Å². The molecule has 7 nitrogen and oxygen atoms in total. The second-order valence-electron chi connectivity index (χ2n) is 6.54. The van der Waals surface area contributed by atoms with Crippen LogP contribution < -0.4 is 5.56 Å². The Labute approximate surface area is 171 Å². The first kappa shape index (κ1) is 18.8. The Morgan fingerprint density at radius 2 is 1.84 bits per heavy atom. The fourth-order valence-electron chi connectivity index (χ4n) is 3.14. The molecular formula is C21H11F3N4O3. The summed E-state index contributed by atoms with van der Waals surface area (Å²) in [7, 11) is 0. The molecule has 1 aromatic carbocycles. The van der Waals surface area contributed by atoms with Gasteiger partial charge in [0.25, 0.3) is 11.4 Å². The van der Waals surface area contributed by atoms with E-state index in [9.17, 15) is 18.0 Å². The Morgan fingerprint density at radius 1 is 1.03 bits per heavy atom. The summed E-state index contributed by atoms with van der Waals surface area (Å²) < 4.78 is 51.1. The molecule has 0 N–H and O–H groups in total. The van der Waals surface area contributed by atoms with Crippen molar-refractivity contribution in [2.24, 2.45) is 0 Å². The quantitative estimate of drug-likeness (QED) is 0.417. The van der Waals surface area contributed by atoms with Crippen LogP contribution in [0.3, 0.4) is 0 Å². The van der Waals surface area contributed by atoms with Crippen molar-refractivity contribution in [3.05, 3.63) is 83.4 Å². The van der Waals surface area contributed by atoms with Crippen LogP contribution in [0.2, 0.25) is 0 Å². The van der Waals surface area contributed by atoms with E-state index in [2.05, 4.69) is 15.0 Å². The fourth-order valence-corrected chi connectivity index (χ4v) is 3.14. The lowest BCUT2D eigenvalue weighted by atomic mass is 10.1. The summed E-state index contributed by atoms with van der Waals surface area (Å²) in [4.78, 5) is 25.3. The Bertz CT molecular complexity index is 1440. The molecule has 0 saturated carbocycles. The van der Waals surface area contributed by atoms with Gasteiger partial charge in [-0.3, -0.25) is 14.3 Å². The zero-order valence-electron chi connectivity index (χ0n) is 15.5. The highest BCUT2D eigenvalue weighted by Crippen LogP contribution is 2.34. The van der Waals surface area contributed by atoms with E-state index < -0.39 is 17.3 Å². The minimum atomic E-state index is -4.48. The maximum atomic E-state index is 13.0. The van der Waals surface area contributed by atoms with Crippen LogP contribution in [0.5, 0.6) is 0 Å². The minimum Gasteiger partial charge on any atom is -0.438 e. The molecule has 10 heteroatoms. The van der Waals surface area contributed by atoms with Crippen molar-refractivity contribution in [3.63, 3.8) is 0 Å². The number of halogens is 3. The second kappa shape index (κ2) is 6.94. The molecule has 0 unspecified atom stereocenters. The topological polar surface area (TPSA) is 87.0 Å². The van der Waals surface area contributed by atoms with E-state index in [1.807, 2.05) is 0 Å². The Hall–Kier alpha value is -4.21. The molecule has 0 radical (unpaired) electrons. The van der Waals surface area contributed by atoms with Crippen LogP contribution in [0.1, 0.15) is 5.56 Å². The first-order valence-electron chi connectivity index (χ1n) is 8.96. The van der Waals surface area contributed by atoms with E-state index in [1.165, 1.54) is 41.7 Å². The zero-order chi connectivity index (χ0) is 21.6. The highest BCUT2D eigenvalue weighted by molar-refractivity contribution is 5.78. The third kappa shape index (κ3) is 3.27. The molecule has 0 amide bonds. The van der Waals surface area contributed by atoms with Gasteiger partial charge in [-0.15, -0.1) is 0 Å². The molecule has 4 aromatic heterocycles. The number of benzene rings is 1. The molecule has 154 valence electrons. The van der Waals surface area contributed by atoms with Crippen LogP contribution in [-0.4, -0.2) is 19.5 Å². The molecule has 0 aliphatic carbocycles. The molecule has 0 spiro atoms. The first-order valence-corrected chi connectivity index (χ1v) is 8.96. The third-order valence-corrected chi connectivity index (χ3v) is 4.62. The summed E-state index contributed by atoms with van der Waals surface area (Å²) in [5.74, 6) is 0.406. The second-order valence-corrected chi connectivity index (χ2v) is 6.54. The molecule has 5 rings (SSSR count). The van der Waals surface area contributed by atoms with Gasteiger partial charge in [0.1, 0.15) is 5.52 Å². The smallest absolute Gasteiger partial charge is 0.416 e. The van der Waals surface area contributed by atoms with E-state index in [4.69, 9.17) is 8.83 Å². The van der Waals surface area contributed by atoms with Gasteiger partial charge in [0, 0.05) is 23.3 Å². The highest BCUT2D eigenvalue weighted by atomic mass is 19.4. The van der Waals surface area contributed by atoms with Crippen LogP contribution in [0.25, 0.3) is 39.7 Å². The predicted molar refractivity (Wildman–Crippen MR) is 103 cm³/mol. The number of rotatable bonds is 3. The van der Waals surface area contributed by atoms with E-state index in [0.29, 0.717) is 10.9 Å². The van der Waals surface area contributed by atoms with Gasteiger partial charge in [0.15, 0.2) is 18.0 Å². The summed E-state index contributed by atoms with van der Waals surface area (Å²) >= 11 is 0. The van der Waals surface area contributed by atoms with Gasteiger partial charge in [-0.25, -0.2) is 4.98 Å². The van der Waals surface area contributed by atoms with Crippen molar-refractivity contribution < 1.29 is 22.0 Å². The van der Waals surface area contributed by atoms with E-state index in [1.54, 1.807) is 18.2 Å². The SMILES string of the molecule is O=c1c2ncccc2ccn1-c1nc(-c2cnco2)oc1-c1ccc(C(F)(F)F)cc1. The van der Waals surface area contributed by atoms with Gasteiger partial charge in [-0.1, -0.05) is 18.2 Å². The van der Waals surface area contributed by atoms with Gasteiger partial charge in [-0.05, 0) is 24.3 Å². The highest BCUT2D eigenvalue weighted by Gasteiger charge is 2.30. The van der Waals surface area contributed by atoms with Gasteiger partial charge >= 0.3 is 6.18 Å². The number of hydrogen-bond acceptors (Lipinski definition) is 6. The average molecular weight is 424 g/mol. The molecule has 0 aliphatic heterocycles. The van der Waals surface area contributed by atoms with Crippen molar-refractivity contribution in [3.8, 4) is 28.8 Å². The van der Waals surface area contributed by atoms with Crippen molar-refractivity contribution in [2.75, 3.05) is 0 Å². The largest absolute Gasteiger partial charge is 0.438 e. The Kier molecular flexibility index (Phi) is 4.21. The van der Waals surface area contributed by atoms with Crippen molar-refractivity contribution in [2.45, 2.75) is 6.18 Å². The lowest BCUT2D eigenvalue weighted by molar-refractivity contribution is -0.137. The van der Waals surface area contributed by atoms with E-state index >= 15 is 0 Å². The third-order valence-electron chi connectivity index (χ3n) is 4.62. The van der Waals surface area contributed by atoms with Crippen LogP contribution in [0, 0.1) is 0 Å². The summed E-state index contributed by atoms with van der Waals surface area (Å²) in [5, 5.41) is 0.638. The van der Waals surface area contributed by atoms with Crippen LogP contribution in [0.4, 0.5) is 13.2 Å². The number of fused-ring (bicyclic) bond motifs is 1. The molecule has 4 heterocycles. The lowest BCUT2D eigenvalue weighted by Gasteiger charge is -2.08. The standard InChI is InChI=1S/C21H11F3N4O3/c22-21(23,24)14-5-3-13(4-6-14)17-18(27-19(31-17)15-10-25-11-30-15)28-9-7-12-2-1-8-26-16(12)20(28)29/h1-11H. The fraction of sp³-hybridized carbons (Fsp3) is 0.0476. The molecule has 5 aromatic rings. The van der Waals surface area contributed by atoms with Crippen LogP contribution >= 0.6 is 0 Å². The molecule has 0 bridgehead atoms. The maximum absolute atomic E-state index is 13.0. The van der Waals surface area contributed by atoms with E-state index in [0.717, 1.165) is 12.1 Å². The molecular weight excluding hydrogens is 413 g/mol. The number of pyridine rings is 2. The van der Waals surface area contributed by atoms with Gasteiger partial charge in [0.2, 0.25) is 5.76 Å². The summed E-state index contributed by atoms with van der Waals surface area (Å²) in [6.07, 6.45) is 1.07. The molecule has 0 aliphatic rings. The molecule has 0 fully saturated rings. The molecule has 0 atom stereocenters. The van der Waals surface area contributed by atoms with Crippen LogP contribution in [-0.2, 0) is 6.18 Å². The summed E-state index contributed by atoms with van der Waals surface area (Å²) in [5.41, 5.74) is -0.745. The lowest BCUT2D eigenvalue weighted by Crippen LogP contribution is -2.19. The summed E-state index contributed by atoms with van der Waals surface area (Å²) in [6.45, 7) is 0. The molecule has 31 heavy (non-hydrogen) atoms. The predicted octanol–water partition coefficient (Wildman–Crippen LogP) is 4.71. The average Bonchev–Trinajstić information content (AvgIpc) is 3.44. The van der Waals surface area contributed by atoms with Gasteiger partial charge < -0.3 is 8.83 Å². The van der Waals surface area contributed by atoms with Crippen LogP contribution in [0.15, 0.2) is 81.1 Å². The first-order chi connectivity index (χ1) is 14.9. The van der Waals surface area contributed by atoms with E-state index in [-0.39, 0.29) is 28.7 Å². The number of nitrogens with zero attached hydrogens (tertiary/aromatic N) is 4. The zero-order valence-corrected chi connectivity index (χ0v) is 15.5. The van der Waals surface area contributed by atoms with Gasteiger partial charge in [0.05, 0.1) is 11.8 Å². The van der Waals surface area contributed by atoms with Gasteiger partial charge in [-0.2, -0.15) is 18.2 Å². The minimum absolute atomic E-state index is 0.0235.